The van der Waals surface area contributed by atoms with Gasteiger partial charge in [-0.3, -0.25) is 14.4 Å². The van der Waals surface area contributed by atoms with E-state index in [0.29, 0.717) is 115 Å². The first-order valence-electron chi connectivity index (χ1n) is 18.5. The third-order valence-corrected chi connectivity index (χ3v) is 9.33. The number of aromatic nitrogens is 2. The Morgan fingerprint density at radius 2 is 1.47 bits per heavy atom. The van der Waals surface area contributed by atoms with E-state index in [1.165, 1.54) is 0 Å². The third kappa shape index (κ3) is 13.0. The van der Waals surface area contributed by atoms with Gasteiger partial charge in [0.1, 0.15) is 0 Å². The van der Waals surface area contributed by atoms with Crippen molar-refractivity contribution in [2.75, 3.05) is 84.5 Å². The topological polar surface area (TPSA) is 165 Å². The van der Waals surface area contributed by atoms with Crippen LogP contribution in [0.5, 0.6) is 0 Å². The fourth-order valence-electron chi connectivity index (χ4n) is 6.73. The lowest BCUT2D eigenvalue weighted by atomic mass is 9.75. The van der Waals surface area contributed by atoms with Gasteiger partial charge < -0.3 is 40.1 Å². The maximum absolute atomic E-state index is 12.9. The molecule has 1 fully saturated rings. The molecule has 1 aromatic heterocycles. The number of ketones is 1. The van der Waals surface area contributed by atoms with Crippen LogP contribution < -0.4 is 16.4 Å². The second kappa shape index (κ2) is 20.6. The molecule has 4 N–H and O–H groups in total. The first-order chi connectivity index (χ1) is 24.6. The van der Waals surface area contributed by atoms with Crippen molar-refractivity contribution >= 4 is 23.3 Å². The lowest BCUT2D eigenvalue weighted by Gasteiger charge is -2.29. The summed E-state index contributed by atoms with van der Waals surface area (Å²) in [6.07, 6.45) is 5.92. The maximum atomic E-state index is 12.9. The first-order valence-corrected chi connectivity index (χ1v) is 18.5. The van der Waals surface area contributed by atoms with Gasteiger partial charge in [0.05, 0.1) is 81.1 Å². The van der Waals surface area contributed by atoms with Gasteiger partial charge in [0.2, 0.25) is 5.91 Å². The molecular formula is C38H59N5O8. The van der Waals surface area contributed by atoms with Crippen molar-refractivity contribution in [1.82, 2.24) is 15.1 Å². The zero-order chi connectivity index (χ0) is 36.6. The van der Waals surface area contributed by atoms with Gasteiger partial charge in [0, 0.05) is 44.3 Å². The molecule has 2 aromatic rings. The molecule has 1 aromatic carbocycles. The van der Waals surface area contributed by atoms with Gasteiger partial charge in [-0.25, -0.2) is 4.68 Å². The minimum Gasteiger partial charge on any atom is -0.384 e. The van der Waals surface area contributed by atoms with Crippen molar-refractivity contribution in [2.24, 2.45) is 23.0 Å². The highest BCUT2D eigenvalue weighted by Gasteiger charge is 2.36. The summed E-state index contributed by atoms with van der Waals surface area (Å²) < 4.78 is 29.7. The fraction of sp³-hybridized carbons (Fsp3) is 0.684. The molecule has 2 unspecified atom stereocenters. The van der Waals surface area contributed by atoms with E-state index in [-0.39, 0.29) is 23.0 Å². The minimum absolute atomic E-state index is 0.121. The van der Waals surface area contributed by atoms with E-state index in [1.54, 1.807) is 6.07 Å². The molecule has 4 rings (SSSR count). The van der Waals surface area contributed by atoms with E-state index >= 15 is 0 Å². The molecule has 0 bridgehead atoms. The van der Waals surface area contributed by atoms with E-state index in [9.17, 15) is 14.4 Å². The molecular weight excluding hydrogens is 654 g/mol. The molecule has 0 spiro atoms. The molecule has 13 heteroatoms. The van der Waals surface area contributed by atoms with Gasteiger partial charge in [-0.2, -0.15) is 5.10 Å². The van der Waals surface area contributed by atoms with Crippen molar-refractivity contribution in [3.63, 3.8) is 0 Å². The normalized spacial score (nSPS) is 18.2. The van der Waals surface area contributed by atoms with Gasteiger partial charge in [-0.05, 0) is 75.0 Å². The van der Waals surface area contributed by atoms with Crippen LogP contribution >= 0.6 is 0 Å². The molecule has 2 atom stereocenters. The van der Waals surface area contributed by atoms with E-state index in [2.05, 4.69) is 36.5 Å². The smallest absolute Gasteiger partial charge is 0.250 e. The number of nitrogens with zero attached hydrogens (tertiary/aromatic N) is 2. The highest BCUT2D eigenvalue weighted by Crippen LogP contribution is 2.37. The SMILES string of the molecule is Cc1nn(-c2ccc(C(N)=O)c(NCCCOCCOCCOCCOCCOCCCNC(=O)C3CCC(C)C3)c2)c2c1C(=O)CC(C)(C)C2. The van der Waals surface area contributed by atoms with E-state index in [4.69, 9.17) is 29.4 Å². The number of aryl methyl sites for hydroxylation is 1. The fourth-order valence-corrected chi connectivity index (χ4v) is 6.73. The highest BCUT2D eigenvalue weighted by atomic mass is 16.6. The summed E-state index contributed by atoms with van der Waals surface area (Å²) in [5.41, 5.74) is 9.62. The van der Waals surface area contributed by atoms with Crippen LogP contribution in [0.4, 0.5) is 5.69 Å². The van der Waals surface area contributed by atoms with Crippen molar-refractivity contribution in [3.8, 4) is 5.69 Å². The molecule has 0 radical (unpaired) electrons. The number of carbonyl (C=O) groups is 3. The van der Waals surface area contributed by atoms with Crippen LogP contribution in [0.15, 0.2) is 18.2 Å². The van der Waals surface area contributed by atoms with Crippen LogP contribution in [0.3, 0.4) is 0 Å². The summed E-state index contributed by atoms with van der Waals surface area (Å²) in [6, 6.07) is 5.37. The van der Waals surface area contributed by atoms with Gasteiger partial charge in [0.25, 0.3) is 5.91 Å². The Bertz CT molecular complexity index is 1430. The average Bonchev–Trinajstić information content (AvgIpc) is 3.67. The van der Waals surface area contributed by atoms with Crippen LogP contribution in [0.1, 0.15) is 91.4 Å². The summed E-state index contributed by atoms with van der Waals surface area (Å²) in [5.74, 6) is 0.641. The Balaban J connectivity index is 0.981. The number of benzene rings is 1. The first kappa shape index (κ1) is 40.4. The maximum Gasteiger partial charge on any atom is 0.250 e. The van der Waals surface area contributed by atoms with Crippen molar-refractivity contribution < 1.29 is 38.1 Å². The lowest BCUT2D eigenvalue weighted by molar-refractivity contribution is -0.124. The minimum atomic E-state index is -0.520. The number of nitrogens with two attached hydrogens (primary N) is 1. The number of nitrogens with one attached hydrogen (secondary N) is 2. The van der Waals surface area contributed by atoms with Crippen LogP contribution in [-0.4, -0.2) is 107 Å². The standard InChI is InChI=1S/C38H59N5O8/c1-27-7-8-29(23-27)37(46)41-12-6-14-48-16-18-50-20-22-51-21-19-49-17-15-47-13-5-11-40-32-24-30(9-10-31(32)36(39)45)43-33-25-38(3,4)26-34(44)35(33)28(2)42-43/h9-10,24,27,29,40H,5-8,11-23,25-26H2,1-4H3,(H2,39,45)(H,41,46). The molecule has 2 aliphatic carbocycles. The van der Waals surface area contributed by atoms with Crippen LogP contribution in [0.2, 0.25) is 0 Å². The second-order valence-electron chi connectivity index (χ2n) is 14.5. The number of hydrogen-bond acceptors (Lipinski definition) is 10. The zero-order valence-electron chi connectivity index (χ0n) is 31.1. The Labute approximate surface area is 302 Å². The summed E-state index contributed by atoms with van der Waals surface area (Å²) in [4.78, 5) is 37.1. The number of primary amides is 1. The number of anilines is 1. The molecule has 0 saturated heterocycles. The number of rotatable bonds is 24. The Kier molecular flexibility index (Phi) is 16.3. The third-order valence-electron chi connectivity index (χ3n) is 9.33. The predicted molar refractivity (Wildman–Crippen MR) is 195 cm³/mol. The second-order valence-corrected chi connectivity index (χ2v) is 14.5. The predicted octanol–water partition coefficient (Wildman–Crippen LogP) is 4.26. The van der Waals surface area contributed by atoms with Crippen molar-refractivity contribution in [3.05, 3.63) is 40.7 Å². The van der Waals surface area contributed by atoms with Crippen molar-refractivity contribution in [2.45, 2.75) is 72.6 Å². The summed E-state index contributed by atoms with van der Waals surface area (Å²) >= 11 is 0. The number of carbonyl (C=O) groups excluding carboxylic acids is 3. The van der Waals surface area contributed by atoms with Crippen molar-refractivity contribution in [1.29, 1.82) is 0 Å². The number of ether oxygens (including phenoxy) is 5. The van der Waals surface area contributed by atoms with E-state index in [1.807, 2.05) is 23.7 Å². The molecule has 0 aliphatic heterocycles. The number of amides is 2. The van der Waals surface area contributed by atoms with Gasteiger partial charge in [0.15, 0.2) is 5.78 Å². The average molecular weight is 714 g/mol. The van der Waals surface area contributed by atoms with Gasteiger partial charge in [-0.1, -0.05) is 20.8 Å². The van der Waals surface area contributed by atoms with Gasteiger partial charge >= 0.3 is 0 Å². The quantitative estimate of drug-likeness (QED) is 0.134. The molecule has 2 aliphatic rings. The van der Waals surface area contributed by atoms with Crippen LogP contribution in [0, 0.1) is 24.2 Å². The largest absolute Gasteiger partial charge is 0.384 e. The van der Waals surface area contributed by atoms with E-state index in [0.717, 1.165) is 49.2 Å². The summed E-state index contributed by atoms with van der Waals surface area (Å²) in [7, 11) is 0. The molecule has 2 amide bonds. The number of hydrogen-bond donors (Lipinski definition) is 3. The highest BCUT2D eigenvalue weighted by molar-refractivity contribution is 6.00. The van der Waals surface area contributed by atoms with Crippen LogP contribution in [0.25, 0.3) is 5.69 Å². The van der Waals surface area contributed by atoms with Gasteiger partial charge in [-0.15, -0.1) is 0 Å². The Morgan fingerprint density at radius 3 is 2.04 bits per heavy atom. The lowest BCUT2D eigenvalue weighted by Crippen LogP contribution is -2.30. The Hall–Kier alpha value is -3.36. The molecule has 13 nitrogen and oxygen atoms in total. The molecule has 1 saturated carbocycles. The molecule has 1 heterocycles. The molecule has 51 heavy (non-hydrogen) atoms. The van der Waals surface area contributed by atoms with Crippen LogP contribution in [-0.2, 0) is 34.9 Å². The molecule has 284 valence electrons. The zero-order valence-corrected chi connectivity index (χ0v) is 31.1. The number of fused-ring (bicyclic) bond motifs is 1. The summed E-state index contributed by atoms with van der Waals surface area (Å²) in [6.45, 7) is 14.5. The summed E-state index contributed by atoms with van der Waals surface area (Å²) in [5, 5.41) is 11.0. The Morgan fingerprint density at radius 1 is 0.882 bits per heavy atom. The number of Topliss-reactive ketones (excluding diaryl/α,β-unsaturated/α-hetero) is 1. The monoisotopic (exact) mass is 713 g/mol. The van der Waals surface area contributed by atoms with E-state index < -0.39 is 5.91 Å².